The predicted octanol–water partition coefficient (Wildman–Crippen LogP) is 2.41. The number of rotatable bonds is 15. The van der Waals surface area contributed by atoms with E-state index in [2.05, 4.69) is 41.5 Å². The Morgan fingerprint density at radius 3 is 2.05 bits per heavy atom. The van der Waals surface area contributed by atoms with E-state index in [1.165, 1.54) is 18.3 Å². The average Bonchev–Trinajstić information content (AvgIpc) is 3.71. The molecule has 0 radical (unpaired) electrons. The summed E-state index contributed by atoms with van der Waals surface area (Å²) in [5, 5.41) is 85.7. The van der Waals surface area contributed by atoms with Crippen molar-refractivity contribution in [1.29, 1.82) is 0 Å². The first-order chi connectivity index (χ1) is 26.0. The fourth-order valence-electron chi connectivity index (χ4n) is 12.3. The van der Waals surface area contributed by atoms with Crippen molar-refractivity contribution in [2.45, 2.75) is 185 Å². The molecule has 318 valence electrons. The van der Waals surface area contributed by atoms with Gasteiger partial charge in [-0.25, -0.2) is 0 Å². The molecule has 2 aliphatic heterocycles. The van der Waals surface area contributed by atoms with Crippen molar-refractivity contribution in [2.24, 2.45) is 46.3 Å². The minimum atomic E-state index is -1.43. The van der Waals surface area contributed by atoms with E-state index >= 15 is 0 Å². The number of aliphatic hydroxyl groups is 8. The average molecular weight is 785 g/mol. The van der Waals surface area contributed by atoms with E-state index in [9.17, 15) is 40.9 Å². The molecule has 55 heavy (non-hydrogen) atoms. The van der Waals surface area contributed by atoms with Crippen LogP contribution in [0.2, 0.25) is 0 Å². The van der Waals surface area contributed by atoms with Gasteiger partial charge in [0.05, 0.1) is 31.5 Å². The van der Waals surface area contributed by atoms with E-state index in [0.29, 0.717) is 31.1 Å². The van der Waals surface area contributed by atoms with Gasteiger partial charge in [0.2, 0.25) is 0 Å². The first kappa shape index (κ1) is 43.8. The molecule has 8 N–H and O–H groups in total. The molecule has 13 heteroatoms. The van der Waals surface area contributed by atoms with Crippen molar-refractivity contribution in [2.75, 3.05) is 20.3 Å². The third kappa shape index (κ3) is 8.11. The molecule has 0 amide bonds. The van der Waals surface area contributed by atoms with Crippen LogP contribution in [0.3, 0.4) is 0 Å². The summed E-state index contributed by atoms with van der Waals surface area (Å²) in [5.41, 5.74) is 1.99. The van der Waals surface area contributed by atoms with E-state index in [1.54, 1.807) is 0 Å². The highest BCUT2D eigenvalue weighted by atomic mass is 16.7. The molecule has 2 unspecified atom stereocenters. The summed E-state index contributed by atoms with van der Waals surface area (Å²) >= 11 is 0. The van der Waals surface area contributed by atoms with Gasteiger partial charge in [-0.2, -0.15) is 0 Å². The Bertz CT molecular complexity index is 1310. The van der Waals surface area contributed by atoms with Crippen molar-refractivity contribution in [3.63, 3.8) is 0 Å². The number of methoxy groups -OCH3 is 1. The Labute approximate surface area is 327 Å². The third-order valence-corrected chi connectivity index (χ3v) is 15.5. The minimum Gasteiger partial charge on any atom is -0.394 e. The second-order valence-corrected chi connectivity index (χ2v) is 19.0. The molecule has 13 nitrogen and oxygen atoms in total. The van der Waals surface area contributed by atoms with Gasteiger partial charge in [-0.05, 0) is 103 Å². The topological polar surface area (TPSA) is 208 Å². The van der Waals surface area contributed by atoms with Gasteiger partial charge in [0.15, 0.2) is 12.6 Å². The molecule has 0 aromatic rings. The summed E-state index contributed by atoms with van der Waals surface area (Å²) in [7, 11) is 1.44. The molecule has 0 spiro atoms. The first-order valence-corrected chi connectivity index (χ1v) is 21.2. The molecule has 0 aromatic carbocycles. The Morgan fingerprint density at radius 2 is 1.45 bits per heavy atom. The van der Waals surface area contributed by atoms with Crippen molar-refractivity contribution in [3.8, 4) is 0 Å². The van der Waals surface area contributed by atoms with Gasteiger partial charge in [-0.15, -0.1) is 0 Å². The van der Waals surface area contributed by atoms with Crippen LogP contribution in [0.1, 0.15) is 106 Å². The highest BCUT2D eigenvalue weighted by molar-refractivity contribution is 5.39. The van der Waals surface area contributed by atoms with E-state index in [0.717, 1.165) is 44.9 Å². The predicted molar refractivity (Wildman–Crippen MR) is 201 cm³/mol. The van der Waals surface area contributed by atoms with Crippen LogP contribution in [0.25, 0.3) is 0 Å². The summed E-state index contributed by atoms with van der Waals surface area (Å²) in [6.07, 6.45) is -5.82. The maximum atomic E-state index is 11.2. The number of hydrogen-bond donors (Lipinski definition) is 8. The van der Waals surface area contributed by atoms with E-state index in [-0.39, 0.29) is 41.1 Å². The highest BCUT2D eigenvalue weighted by Gasteiger charge is 2.62. The van der Waals surface area contributed by atoms with Crippen LogP contribution >= 0.6 is 0 Å². The molecule has 4 aliphatic carbocycles. The minimum absolute atomic E-state index is 0.0125. The second kappa shape index (κ2) is 17.4. The van der Waals surface area contributed by atoms with Crippen LogP contribution in [0, 0.1) is 46.3 Å². The van der Waals surface area contributed by atoms with Gasteiger partial charge >= 0.3 is 0 Å². The standard InChI is InChI=1S/C42H72O13/c1-8-22(20(2)3)10-9-21(4)32-30(53-40-35(49)33(47)37(54-40)27(45)18-43)17-26-31-25(12-14-42(26,32)6)41(5)13-11-24(44)15-23(41)16-29(31)52-39-36(50)34(48)38(55-39)28(46)19-51-7/h20-25,27-30,32-40,43-50H,8-19H2,1-7H3/t21-,22-,23-,24-,25+,27?,28?,29+,30-,32+,33-,34-,35-,36-,37+,38+,39-,40-,41+,42+/m1/s1. The van der Waals surface area contributed by atoms with Crippen molar-refractivity contribution in [1.82, 2.24) is 0 Å². The summed E-state index contributed by atoms with van der Waals surface area (Å²) in [6, 6.07) is 0. The molecule has 6 rings (SSSR count). The zero-order chi connectivity index (χ0) is 40.1. The third-order valence-electron chi connectivity index (χ3n) is 15.5. The molecule has 2 saturated heterocycles. The van der Waals surface area contributed by atoms with Crippen molar-refractivity contribution >= 4 is 0 Å². The summed E-state index contributed by atoms with van der Waals surface area (Å²) in [5.74, 6) is 1.65. The summed E-state index contributed by atoms with van der Waals surface area (Å²) in [6.45, 7) is 13.1. The van der Waals surface area contributed by atoms with Gasteiger partial charge in [0.25, 0.3) is 0 Å². The van der Waals surface area contributed by atoms with Crippen LogP contribution in [0.5, 0.6) is 0 Å². The number of hydrogen-bond acceptors (Lipinski definition) is 13. The van der Waals surface area contributed by atoms with E-state index in [4.69, 9.17) is 23.7 Å². The van der Waals surface area contributed by atoms with E-state index < -0.39 is 86.3 Å². The second-order valence-electron chi connectivity index (χ2n) is 19.0. The zero-order valence-corrected chi connectivity index (χ0v) is 34.1. The number of fused-ring (bicyclic) bond motifs is 4. The van der Waals surface area contributed by atoms with Crippen LogP contribution in [0.15, 0.2) is 11.1 Å². The lowest BCUT2D eigenvalue weighted by atomic mass is 9.48. The fraction of sp³-hybridized carbons (Fsp3) is 0.952. The maximum Gasteiger partial charge on any atom is 0.187 e. The van der Waals surface area contributed by atoms with Gasteiger partial charge in [-0.1, -0.05) is 60.0 Å². The summed E-state index contributed by atoms with van der Waals surface area (Å²) < 4.78 is 30.7. The van der Waals surface area contributed by atoms with Crippen molar-refractivity contribution in [3.05, 3.63) is 11.1 Å². The lowest BCUT2D eigenvalue weighted by Crippen LogP contribution is -2.53. The van der Waals surface area contributed by atoms with Crippen LogP contribution in [0.4, 0.5) is 0 Å². The highest BCUT2D eigenvalue weighted by Crippen LogP contribution is 2.67. The Kier molecular flexibility index (Phi) is 13.9. The molecular formula is C42H72O13. The molecule has 0 aromatic heterocycles. The smallest absolute Gasteiger partial charge is 0.187 e. The van der Waals surface area contributed by atoms with Crippen LogP contribution < -0.4 is 0 Å². The van der Waals surface area contributed by atoms with Gasteiger partial charge in [0.1, 0.15) is 48.8 Å². The van der Waals surface area contributed by atoms with Crippen LogP contribution in [-0.4, -0.2) is 141 Å². The Balaban J connectivity index is 1.39. The van der Waals surface area contributed by atoms with Gasteiger partial charge in [0, 0.05) is 7.11 Å². The maximum absolute atomic E-state index is 11.2. The van der Waals surface area contributed by atoms with Gasteiger partial charge in [-0.3, -0.25) is 0 Å². The van der Waals surface area contributed by atoms with Crippen LogP contribution in [-0.2, 0) is 23.7 Å². The molecule has 6 aliphatic rings. The van der Waals surface area contributed by atoms with Crippen molar-refractivity contribution < 1.29 is 64.5 Å². The lowest BCUT2D eigenvalue weighted by molar-refractivity contribution is -0.214. The molecule has 5 fully saturated rings. The zero-order valence-electron chi connectivity index (χ0n) is 34.1. The molecule has 0 bridgehead atoms. The molecule has 20 atom stereocenters. The lowest BCUT2D eigenvalue weighted by Gasteiger charge is -2.58. The van der Waals surface area contributed by atoms with Gasteiger partial charge < -0.3 is 64.5 Å². The molecule has 3 saturated carbocycles. The number of aliphatic hydroxyl groups excluding tert-OH is 8. The first-order valence-electron chi connectivity index (χ1n) is 21.2. The SMILES string of the molecule is CC[C@H](CC[C@@H](C)[C@H]1[C@H](O[C@@H]2O[C@@H](C(O)CO)[C@H](O)[C@H]2O)CC2=C3[C@@H](O[C@@H]4O[C@@H](C(O)COC)[C@H](O)[C@H]4O)C[C@H]4C[C@H](O)CC[C@]4(C)[C@H]3CC[C@@]21C)C(C)C. The Hall–Kier alpha value is -0.780. The largest absolute Gasteiger partial charge is 0.394 e. The quantitative estimate of drug-likeness (QED) is 0.113. The normalized spacial score (nSPS) is 46.7. The monoisotopic (exact) mass is 784 g/mol. The fourth-order valence-corrected chi connectivity index (χ4v) is 12.3. The number of ether oxygens (including phenoxy) is 5. The van der Waals surface area contributed by atoms with E-state index in [1.807, 2.05) is 0 Å². The Morgan fingerprint density at radius 1 is 0.818 bits per heavy atom. The summed E-state index contributed by atoms with van der Waals surface area (Å²) in [4.78, 5) is 0. The molecular weight excluding hydrogens is 712 g/mol. The molecule has 2 heterocycles.